The van der Waals surface area contributed by atoms with Crippen LogP contribution in [0.15, 0.2) is 82.8 Å². The summed E-state index contributed by atoms with van der Waals surface area (Å²) in [6, 6.07) is 16.2. The van der Waals surface area contributed by atoms with E-state index in [4.69, 9.17) is 4.84 Å². The maximum Gasteiger partial charge on any atom is 0.243 e. The molecule has 33 heavy (non-hydrogen) atoms. The highest BCUT2D eigenvalue weighted by molar-refractivity contribution is 7.89. The lowest BCUT2D eigenvalue weighted by Crippen LogP contribution is -2.38. The van der Waals surface area contributed by atoms with Gasteiger partial charge in [-0.05, 0) is 59.7 Å². The minimum atomic E-state index is -3.73. The molecule has 3 aromatic carbocycles. The predicted molar refractivity (Wildman–Crippen MR) is 118 cm³/mol. The van der Waals surface area contributed by atoms with E-state index in [1.807, 2.05) is 0 Å². The lowest BCUT2D eigenvalue weighted by molar-refractivity contribution is 0.0855. The average molecular weight is 475 g/mol. The van der Waals surface area contributed by atoms with Crippen molar-refractivity contribution in [2.45, 2.75) is 23.8 Å². The number of nitrogens with zero attached hydrogens (tertiary/aromatic N) is 2. The van der Waals surface area contributed by atoms with Gasteiger partial charge in [-0.1, -0.05) is 29.4 Å². The fourth-order valence-electron chi connectivity index (χ4n) is 3.55. The molecule has 1 saturated heterocycles. The summed E-state index contributed by atoms with van der Waals surface area (Å²) in [4.78, 5) is 5.82. The molecule has 0 aromatic heterocycles. The van der Waals surface area contributed by atoms with Gasteiger partial charge in [-0.3, -0.25) is 0 Å². The van der Waals surface area contributed by atoms with Gasteiger partial charge in [-0.25, -0.2) is 21.6 Å². The molecule has 1 aliphatic heterocycles. The molecule has 1 aliphatic rings. The zero-order chi connectivity index (χ0) is 23.4. The van der Waals surface area contributed by atoms with Crippen molar-refractivity contribution in [3.63, 3.8) is 0 Å². The molecule has 9 heteroatoms. The van der Waals surface area contributed by atoms with Gasteiger partial charge in [0.25, 0.3) is 0 Å². The van der Waals surface area contributed by atoms with Gasteiger partial charge in [0, 0.05) is 25.9 Å². The van der Waals surface area contributed by atoms with Gasteiger partial charge >= 0.3 is 0 Å². The number of hydrogen-bond acceptors (Lipinski definition) is 4. The quantitative estimate of drug-likeness (QED) is 0.470. The number of oxime groups is 1. The Morgan fingerprint density at radius 3 is 1.61 bits per heavy atom. The summed E-state index contributed by atoms with van der Waals surface area (Å²) >= 11 is 0. The first-order chi connectivity index (χ1) is 15.8. The van der Waals surface area contributed by atoms with Crippen molar-refractivity contribution in [2.24, 2.45) is 5.16 Å². The van der Waals surface area contributed by atoms with E-state index in [0.717, 1.165) is 12.1 Å². The molecule has 4 rings (SSSR count). The van der Waals surface area contributed by atoms with Crippen LogP contribution in [0, 0.1) is 17.5 Å². The fourth-order valence-corrected chi connectivity index (χ4v) is 4.99. The van der Waals surface area contributed by atoms with E-state index in [1.54, 1.807) is 24.3 Å². The first-order valence-corrected chi connectivity index (χ1v) is 11.7. The van der Waals surface area contributed by atoms with E-state index in [0.29, 0.717) is 29.7 Å². The lowest BCUT2D eigenvalue weighted by Gasteiger charge is -2.27. The lowest BCUT2D eigenvalue weighted by atomic mass is 10.0. The van der Waals surface area contributed by atoms with Gasteiger partial charge in [0.15, 0.2) is 6.10 Å². The van der Waals surface area contributed by atoms with Crippen LogP contribution in [0.4, 0.5) is 13.2 Å². The predicted octanol–water partition coefficient (Wildman–Crippen LogP) is 5.05. The minimum absolute atomic E-state index is 0.0354. The number of hydrogen-bond donors (Lipinski definition) is 0. The highest BCUT2D eigenvalue weighted by Crippen LogP contribution is 2.28. The van der Waals surface area contributed by atoms with Crippen LogP contribution in [0.3, 0.4) is 0 Å². The van der Waals surface area contributed by atoms with Crippen LogP contribution in [-0.2, 0) is 14.9 Å². The zero-order valence-corrected chi connectivity index (χ0v) is 18.3. The molecule has 0 amide bonds. The second-order valence-electron chi connectivity index (χ2n) is 7.60. The summed E-state index contributed by atoms with van der Waals surface area (Å²) in [6.45, 7) is 0.416. The smallest absolute Gasteiger partial charge is 0.243 e. The number of benzene rings is 3. The molecule has 0 atom stereocenters. The summed E-state index contributed by atoms with van der Waals surface area (Å²) in [7, 11) is -3.73. The van der Waals surface area contributed by atoms with E-state index in [9.17, 15) is 21.6 Å². The van der Waals surface area contributed by atoms with E-state index in [2.05, 4.69) is 5.16 Å². The van der Waals surface area contributed by atoms with Crippen LogP contribution in [0.1, 0.15) is 30.1 Å². The number of rotatable bonds is 6. The highest BCUT2D eigenvalue weighted by atomic mass is 32.2. The van der Waals surface area contributed by atoms with Crippen LogP contribution in [-0.4, -0.2) is 31.5 Å². The van der Waals surface area contributed by atoms with Crippen LogP contribution in [0.5, 0.6) is 0 Å². The van der Waals surface area contributed by atoms with E-state index in [-0.39, 0.29) is 18.0 Å². The average Bonchev–Trinajstić information content (AvgIpc) is 2.82. The monoisotopic (exact) mass is 474 g/mol. The van der Waals surface area contributed by atoms with Crippen molar-refractivity contribution >= 4 is 15.7 Å². The molecule has 172 valence electrons. The van der Waals surface area contributed by atoms with Crippen molar-refractivity contribution < 1.29 is 26.4 Å². The summed E-state index contributed by atoms with van der Waals surface area (Å²) < 4.78 is 66.7. The van der Waals surface area contributed by atoms with Crippen LogP contribution in [0.2, 0.25) is 0 Å². The van der Waals surface area contributed by atoms with Crippen LogP contribution >= 0.6 is 0 Å². The number of sulfonamides is 1. The Labute approximate surface area is 190 Å². The van der Waals surface area contributed by atoms with Crippen molar-refractivity contribution in [3.05, 3.63) is 101 Å². The summed E-state index contributed by atoms with van der Waals surface area (Å²) in [5.74, 6) is -1.29. The number of piperidine rings is 1. The molecule has 1 fully saturated rings. The second-order valence-corrected chi connectivity index (χ2v) is 9.54. The maximum atomic E-state index is 13.4. The van der Waals surface area contributed by atoms with Crippen LogP contribution < -0.4 is 0 Å². The second kappa shape index (κ2) is 9.76. The molecular formula is C24H21F3N2O3S. The fraction of sp³-hybridized carbons (Fsp3) is 0.208. The minimum Gasteiger partial charge on any atom is -0.383 e. The van der Waals surface area contributed by atoms with Gasteiger partial charge in [-0.15, -0.1) is 0 Å². The van der Waals surface area contributed by atoms with Crippen LogP contribution in [0.25, 0.3) is 0 Å². The number of halogens is 3. The molecule has 1 heterocycles. The molecule has 0 unspecified atom stereocenters. The first kappa shape index (κ1) is 23.0. The third-order valence-corrected chi connectivity index (χ3v) is 7.30. The zero-order valence-electron chi connectivity index (χ0n) is 17.5. The van der Waals surface area contributed by atoms with Crippen molar-refractivity contribution in [2.75, 3.05) is 13.1 Å². The summed E-state index contributed by atoms with van der Waals surface area (Å²) in [5, 5.41) is 4.24. The Bertz CT molecular complexity index is 1170. The Morgan fingerprint density at radius 2 is 1.15 bits per heavy atom. The highest BCUT2D eigenvalue weighted by Gasteiger charge is 2.28. The van der Waals surface area contributed by atoms with E-state index in [1.165, 1.54) is 40.7 Å². The van der Waals surface area contributed by atoms with Gasteiger partial charge in [-0.2, -0.15) is 4.31 Å². The largest absolute Gasteiger partial charge is 0.383 e. The molecule has 0 saturated carbocycles. The molecule has 5 nitrogen and oxygen atoms in total. The summed E-state index contributed by atoms with van der Waals surface area (Å²) in [6.07, 6.45) is 0.0413. The molecule has 0 aliphatic carbocycles. The van der Waals surface area contributed by atoms with Gasteiger partial charge < -0.3 is 4.84 Å². The Kier molecular flexibility index (Phi) is 6.80. The normalized spacial score (nSPS) is 15.0. The molecule has 0 radical (unpaired) electrons. The standard InChI is InChI=1S/C24H21F3N2O3S/c25-19-5-1-17(2-6-19)24(18-3-7-20(26)8-4-18)32-28-22-13-15-29(16-14-22)33(30,31)23-11-9-21(27)10-12-23/h1-12,24H,13-16H2. The summed E-state index contributed by atoms with van der Waals surface area (Å²) in [5.41, 5.74) is 1.96. The van der Waals surface area contributed by atoms with Gasteiger partial charge in [0.2, 0.25) is 10.0 Å². The molecule has 0 bridgehead atoms. The van der Waals surface area contributed by atoms with Gasteiger partial charge in [0.05, 0.1) is 10.6 Å². The molecular weight excluding hydrogens is 453 g/mol. The maximum absolute atomic E-state index is 13.4. The van der Waals surface area contributed by atoms with E-state index < -0.39 is 33.6 Å². The molecule has 3 aromatic rings. The van der Waals surface area contributed by atoms with Crippen molar-refractivity contribution in [1.29, 1.82) is 0 Å². The Balaban J connectivity index is 1.47. The third kappa shape index (κ3) is 5.43. The first-order valence-electron chi connectivity index (χ1n) is 10.3. The molecule has 0 spiro atoms. The Morgan fingerprint density at radius 1 is 0.727 bits per heavy atom. The SMILES string of the molecule is O=S(=O)(c1ccc(F)cc1)N1CCC(=NOC(c2ccc(F)cc2)c2ccc(F)cc2)CC1. The van der Waals surface area contributed by atoms with E-state index >= 15 is 0 Å². The third-order valence-electron chi connectivity index (χ3n) is 5.38. The van der Waals surface area contributed by atoms with Gasteiger partial charge in [0.1, 0.15) is 17.5 Å². The van der Waals surface area contributed by atoms with Crippen molar-refractivity contribution in [1.82, 2.24) is 4.31 Å². The molecule has 0 N–H and O–H groups in total. The Hall–Kier alpha value is -3.17. The van der Waals surface area contributed by atoms with Crippen molar-refractivity contribution in [3.8, 4) is 0 Å². The topological polar surface area (TPSA) is 59.0 Å².